The number of hydrogen-bond acceptors (Lipinski definition) is 4. The Morgan fingerprint density at radius 1 is 0.439 bits per heavy atom. The van der Waals surface area contributed by atoms with E-state index in [9.17, 15) is 0 Å². The molecule has 9 aromatic rings. The lowest BCUT2D eigenvalue weighted by Gasteiger charge is -2.36. The highest BCUT2D eigenvalue weighted by molar-refractivity contribution is 6.05. The lowest BCUT2D eigenvalue weighted by atomic mass is 9.67. The van der Waals surface area contributed by atoms with Gasteiger partial charge >= 0.3 is 0 Å². The number of fused-ring (bicyclic) bond motifs is 8. The minimum Gasteiger partial charge on any atom is -0.456 e. The number of furan rings is 1. The van der Waals surface area contributed by atoms with Crippen LogP contribution < -0.4 is 0 Å². The number of rotatable bonds is 5. The van der Waals surface area contributed by atoms with E-state index in [1.807, 2.05) is 36.4 Å². The van der Waals surface area contributed by atoms with E-state index < -0.39 is 0 Å². The quantitative estimate of drug-likeness (QED) is 0.165. The predicted molar refractivity (Wildman–Crippen MR) is 230 cm³/mol. The van der Waals surface area contributed by atoms with Crippen LogP contribution >= 0.6 is 0 Å². The lowest BCUT2D eigenvalue weighted by Crippen LogP contribution is -2.28. The zero-order valence-corrected chi connectivity index (χ0v) is 31.2. The van der Waals surface area contributed by atoms with Gasteiger partial charge in [-0.1, -0.05) is 147 Å². The van der Waals surface area contributed by atoms with Crippen LogP contribution in [0.2, 0.25) is 0 Å². The van der Waals surface area contributed by atoms with Crippen LogP contribution in [0.25, 0.3) is 94.3 Å². The Bertz CT molecular complexity index is 3040. The summed E-state index contributed by atoms with van der Waals surface area (Å²) in [5.74, 6) is 1.81. The third-order valence-corrected chi connectivity index (χ3v) is 12.2. The maximum absolute atomic E-state index is 7.66. The van der Waals surface area contributed by atoms with Gasteiger partial charge in [-0.25, -0.2) is 19.8 Å². The summed E-state index contributed by atoms with van der Waals surface area (Å²) in [7, 11) is 0. The van der Waals surface area contributed by atoms with Crippen molar-refractivity contribution in [3.05, 3.63) is 180 Å². The smallest absolute Gasteiger partial charge is 0.187 e. The van der Waals surface area contributed by atoms with Crippen molar-refractivity contribution in [2.75, 3.05) is 0 Å². The largest absolute Gasteiger partial charge is 0.456 e. The maximum atomic E-state index is 7.66. The Balaban J connectivity index is 0.987. The average Bonchev–Trinajstić information content (AvgIpc) is 3.78. The van der Waals surface area contributed by atoms with E-state index in [2.05, 4.69) is 126 Å². The standard InChI is InChI=1S/C52H36N4O/c1-53-40-24-27-45-44(32-40)41-25-22-38(30-46(41)52(45)28-8-3-9-29-52)35-16-20-37(21-17-35)50-54-49(36-18-14-34(15-19-36)33-10-4-2-5-11-33)55-51(56-50)39-23-26-43-42-12-6-7-13-47(42)57-48(43)31-39/h2,4-7,10-27,30-32H,3,8-9,28-29H2. The van der Waals surface area contributed by atoms with Gasteiger partial charge in [-0.05, 0) is 87.7 Å². The number of nitrogens with zero attached hydrogens (tertiary/aromatic N) is 4. The second-order valence-corrected chi connectivity index (χ2v) is 15.4. The van der Waals surface area contributed by atoms with Gasteiger partial charge in [0.25, 0.3) is 0 Å². The number of para-hydroxylation sites is 1. The molecule has 0 N–H and O–H groups in total. The Hall–Kier alpha value is -7.16. The predicted octanol–water partition coefficient (Wildman–Crippen LogP) is 13.9. The van der Waals surface area contributed by atoms with E-state index in [-0.39, 0.29) is 5.41 Å². The maximum Gasteiger partial charge on any atom is 0.187 e. The zero-order chi connectivity index (χ0) is 37.9. The molecule has 0 amide bonds. The molecule has 0 saturated heterocycles. The average molecular weight is 733 g/mol. The second-order valence-electron chi connectivity index (χ2n) is 15.4. The Morgan fingerprint density at radius 2 is 1.02 bits per heavy atom. The fourth-order valence-corrected chi connectivity index (χ4v) is 9.32. The van der Waals surface area contributed by atoms with Gasteiger partial charge in [-0.2, -0.15) is 0 Å². The molecule has 5 heteroatoms. The van der Waals surface area contributed by atoms with Gasteiger partial charge in [0.1, 0.15) is 11.2 Å². The van der Waals surface area contributed by atoms with Crippen molar-refractivity contribution in [2.24, 2.45) is 0 Å². The van der Waals surface area contributed by atoms with Gasteiger partial charge in [0, 0.05) is 32.9 Å². The highest BCUT2D eigenvalue weighted by Crippen LogP contribution is 2.57. The van der Waals surface area contributed by atoms with Gasteiger partial charge < -0.3 is 4.42 Å². The van der Waals surface area contributed by atoms with Gasteiger partial charge in [0.2, 0.25) is 0 Å². The fraction of sp³-hybridized carbons (Fsp3) is 0.115. The first-order chi connectivity index (χ1) is 28.1. The van der Waals surface area contributed by atoms with Crippen LogP contribution in [0.1, 0.15) is 43.2 Å². The molecule has 2 aliphatic rings. The van der Waals surface area contributed by atoms with Crippen LogP contribution in [0.15, 0.2) is 162 Å². The SMILES string of the molecule is [C-]#[N+]c1ccc2c(c1)-c1ccc(-c3ccc(-c4nc(-c5ccc(-c6ccccc6)cc5)nc(-c5ccc6c(c5)oc5ccccc56)n4)cc3)cc1C21CCCCC1. The molecule has 2 aromatic heterocycles. The third-order valence-electron chi connectivity index (χ3n) is 12.2. The van der Waals surface area contributed by atoms with E-state index in [4.69, 9.17) is 25.9 Å². The topological polar surface area (TPSA) is 56.2 Å². The fourth-order valence-electron chi connectivity index (χ4n) is 9.32. The van der Waals surface area contributed by atoms with Crippen molar-refractivity contribution >= 4 is 27.6 Å². The van der Waals surface area contributed by atoms with Gasteiger partial charge in [-0.15, -0.1) is 0 Å². The van der Waals surface area contributed by atoms with Gasteiger partial charge in [-0.3, -0.25) is 0 Å². The van der Waals surface area contributed by atoms with Crippen molar-refractivity contribution < 1.29 is 4.42 Å². The molecule has 1 fully saturated rings. The molecule has 2 heterocycles. The highest BCUT2D eigenvalue weighted by atomic mass is 16.3. The van der Waals surface area contributed by atoms with Crippen LogP contribution in [0, 0.1) is 6.57 Å². The highest BCUT2D eigenvalue weighted by Gasteiger charge is 2.43. The molecule has 1 spiro atoms. The van der Waals surface area contributed by atoms with E-state index >= 15 is 0 Å². The summed E-state index contributed by atoms with van der Waals surface area (Å²) in [6.45, 7) is 7.66. The number of benzene rings is 7. The van der Waals surface area contributed by atoms with E-state index in [1.54, 1.807) is 0 Å². The van der Waals surface area contributed by atoms with Crippen LogP contribution in [0.4, 0.5) is 5.69 Å². The Morgan fingerprint density at radius 3 is 1.74 bits per heavy atom. The van der Waals surface area contributed by atoms with Crippen molar-refractivity contribution in [1.82, 2.24) is 15.0 Å². The molecule has 0 bridgehead atoms. The van der Waals surface area contributed by atoms with Crippen molar-refractivity contribution in [3.63, 3.8) is 0 Å². The monoisotopic (exact) mass is 732 g/mol. The third kappa shape index (κ3) is 5.56. The van der Waals surface area contributed by atoms with Crippen LogP contribution in [0.5, 0.6) is 0 Å². The molecule has 1 saturated carbocycles. The van der Waals surface area contributed by atoms with Crippen LogP contribution in [-0.4, -0.2) is 15.0 Å². The van der Waals surface area contributed by atoms with Gasteiger partial charge in [0.05, 0.1) is 6.57 Å². The summed E-state index contributed by atoms with van der Waals surface area (Å²) in [4.78, 5) is 19.0. The molecule has 0 unspecified atom stereocenters. The molecule has 0 radical (unpaired) electrons. The van der Waals surface area contributed by atoms with Crippen molar-refractivity contribution in [3.8, 4) is 67.5 Å². The Labute approximate surface area is 331 Å². The first-order valence-electron chi connectivity index (χ1n) is 19.7. The van der Waals surface area contributed by atoms with Crippen molar-refractivity contribution in [2.45, 2.75) is 37.5 Å². The molecule has 2 aliphatic carbocycles. The van der Waals surface area contributed by atoms with E-state index in [0.717, 1.165) is 68.2 Å². The molecule has 5 nitrogen and oxygen atoms in total. The molecule has 57 heavy (non-hydrogen) atoms. The molecule has 7 aromatic carbocycles. The number of hydrogen-bond donors (Lipinski definition) is 0. The normalized spacial score (nSPS) is 14.1. The van der Waals surface area contributed by atoms with E-state index in [1.165, 1.54) is 47.1 Å². The van der Waals surface area contributed by atoms with Gasteiger partial charge in [0.15, 0.2) is 23.2 Å². The molecular formula is C52H36N4O. The lowest BCUT2D eigenvalue weighted by molar-refractivity contribution is 0.353. The van der Waals surface area contributed by atoms with Crippen molar-refractivity contribution in [1.29, 1.82) is 0 Å². The molecular weight excluding hydrogens is 697 g/mol. The summed E-state index contributed by atoms with van der Waals surface area (Å²) in [5, 5.41) is 2.15. The molecule has 270 valence electrons. The number of aromatic nitrogens is 3. The molecule has 0 atom stereocenters. The summed E-state index contributed by atoms with van der Waals surface area (Å²) >= 11 is 0. The molecule has 0 aliphatic heterocycles. The van der Waals surface area contributed by atoms with Crippen LogP contribution in [-0.2, 0) is 5.41 Å². The minimum absolute atomic E-state index is 0.0157. The summed E-state index contributed by atoms with van der Waals surface area (Å²) in [6.07, 6.45) is 6.02. The summed E-state index contributed by atoms with van der Waals surface area (Å²) in [5.41, 5.74) is 15.0. The van der Waals surface area contributed by atoms with Crippen LogP contribution in [0.3, 0.4) is 0 Å². The first kappa shape index (κ1) is 33.2. The second kappa shape index (κ2) is 13.3. The summed E-state index contributed by atoms with van der Waals surface area (Å²) < 4.78 is 6.27. The first-order valence-corrected chi connectivity index (χ1v) is 19.7. The Kier molecular flexibility index (Phi) is 7.72. The summed E-state index contributed by atoms with van der Waals surface area (Å²) in [6, 6.07) is 55.0. The molecule has 11 rings (SSSR count). The zero-order valence-electron chi connectivity index (χ0n) is 31.2. The minimum atomic E-state index is 0.0157. The van der Waals surface area contributed by atoms with E-state index in [0.29, 0.717) is 23.2 Å².